The van der Waals surface area contributed by atoms with Crippen LogP contribution in [0.4, 0.5) is 0 Å². The minimum atomic E-state index is -0.156. The van der Waals surface area contributed by atoms with Gasteiger partial charge in [0, 0.05) is 41.2 Å². The third-order valence-electron chi connectivity index (χ3n) is 8.27. The molecule has 4 nitrogen and oxygen atoms in total. The summed E-state index contributed by atoms with van der Waals surface area (Å²) in [5.41, 5.74) is 7.22. The first-order valence-electron chi connectivity index (χ1n) is 14.7. The molecule has 5 aromatic heterocycles. The summed E-state index contributed by atoms with van der Waals surface area (Å²) in [4.78, 5) is 9.11. The van der Waals surface area contributed by atoms with E-state index in [1.807, 2.05) is 28.9 Å². The van der Waals surface area contributed by atoms with Crippen LogP contribution in [0.25, 0.3) is 73.8 Å². The van der Waals surface area contributed by atoms with E-state index < -0.39 is 0 Å². The van der Waals surface area contributed by atoms with Gasteiger partial charge >= 0.3 is 0 Å². The van der Waals surface area contributed by atoms with E-state index in [0.717, 1.165) is 56.8 Å². The van der Waals surface area contributed by atoms with E-state index in [1.54, 1.807) is 11.3 Å². The number of nitrogens with one attached hydrogen (secondary N) is 1. The highest BCUT2D eigenvalue weighted by atomic mass is 32.1. The number of aromatic nitrogens is 3. The van der Waals surface area contributed by atoms with Crippen LogP contribution in [0, 0.1) is 0 Å². The zero-order valence-electron chi connectivity index (χ0n) is 23.5. The molecule has 7 heteroatoms. The molecular formula is C37H25N3OS3. The molecule has 1 atom stereocenters. The Hall–Kier alpha value is -4.56. The lowest BCUT2D eigenvalue weighted by atomic mass is 9.89. The molecule has 1 aliphatic heterocycles. The largest absolute Gasteiger partial charge is 0.492 e. The molecule has 9 rings (SSSR count). The number of benzene rings is 3. The van der Waals surface area contributed by atoms with Crippen molar-refractivity contribution in [1.82, 2.24) is 15.2 Å². The fraction of sp³-hybridized carbons (Fsp3) is 0.0811. The van der Waals surface area contributed by atoms with Gasteiger partial charge in [0.1, 0.15) is 11.8 Å². The Balaban J connectivity index is 1.48. The van der Waals surface area contributed by atoms with E-state index >= 15 is 0 Å². The van der Waals surface area contributed by atoms with Crippen molar-refractivity contribution in [2.75, 3.05) is 0 Å². The van der Waals surface area contributed by atoms with Crippen molar-refractivity contribution in [1.29, 1.82) is 0 Å². The Morgan fingerprint density at radius 1 is 0.705 bits per heavy atom. The number of hydrogen-bond acceptors (Lipinski definition) is 6. The van der Waals surface area contributed by atoms with Crippen LogP contribution in [-0.2, 0) is 4.74 Å². The number of allylic oxidation sites excluding steroid dienone is 1. The molecular weight excluding hydrogens is 599 g/mol. The summed E-state index contributed by atoms with van der Waals surface area (Å²) in [7, 11) is 0. The van der Waals surface area contributed by atoms with E-state index in [1.165, 1.54) is 35.5 Å². The SMILES string of the molecule is C1=COC(c2nc(-c3cccs3)c(-c3n[nH]c4ccccc34)c(-c3cc4ccccc4s3)c2-c2cc3ccccc3s2)CC1. The lowest BCUT2D eigenvalue weighted by molar-refractivity contribution is 0.122. The van der Waals surface area contributed by atoms with Gasteiger partial charge in [-0.15, -0.1) is 34.0 Å². The predicted molar refractivity (Wildman–Crippen MR) is 186 cm³/mol. The van der Waals surface area contributed by atoms with Crippen molar-refractivity contribution >= 4 is 65.1 Å². The minimum Gasteiger partial charge on any atom is -0.492 e. The monoisotopic (exact) mass is 623 g/mol. The van der Waals surface area contributed by atoms with Crippen LogP contribution >= 0.6 is 34.0 Å². The first-order chi connectivity index (χ1) is 21.8. The average molecular weight is 624 g/mol. The average Bonchev–Trinajstić information content (AvgIpc) is 3.89. The van der Waals surface area contributed by atoms with Crippen LogP contribution in [0.3, 0.4) is 0 Å². The first-order valence-corrected chi connectivity index (χ1v) is 17.2. The number of pyridine rings is 1. The fourth-order valence-corrected chi connectivity index (χ4v) is 9.22. The minimum absolute atomic E-state index is 0.156. The van der Waals surface area contributed by atoms with Gasteiger partial charge in [0.2, 0.25) is 0 Å². The molecule has 0 amide bonds. The summed E-state index contributed by atoms with van der Waals surface area (Å²) in [5.74, 6) is 0. The van der Waals surface area contributed by atoms with E-state index in [0.29, 0.717) is 0 Å². The standard InChI is InChI=1S/C37H25N3OS3/c1-5-15-27-22(10-1)20-30(43-27)32-33(31-21-23-11-2-6-16-28(23)44-31)36(26-14-7-8-18-41-26)38-37(29-17-9-19-42-29)34(32)35-24-12-3-4-13-25(24)39-40-35/h1-6,8-13,15-21,26H,7,14H2,(H,39,40). The third kappa shape index (κ3) is 4.23. The number of nitrogens with zero attached hydrogens (tertiary/aromatic N) is 2. The van der Waals surface area contributed by atoms with Gasteiger partial charge in [-0.1, -0.05) is 60.7 Å². The van der Waals surface area contributed by atoms with E-state index in [4.69, 9.17) is 14.8 Å². The molecule has 0 aliphatic carbocycles. The molecule has 0 fully saturated rings. The molecule has 6 heterocycles. The van der Waals surface area contributed by atoms with Gasteiger partial charge in [0.25, 0.3) is 0 Å². The van der Waals surface area contributed by atoms with Crippen molar-refractivity contribution in [3.8, 4) is 42.7 Å². The van der Waals surface area contributed by atoms with Gasteiger partial charge in [0.05, 0.1) is 28.0 Å². The summed E-state index contributed by atoms with van der Waals surface area (Å²) in [6.45, 7) is 0. The van der Waals surface area contributed by atoms with Crippen LogP contribution in [-0.4, -0.2) is 15.2 Å². The third-order valence-corrected chi connectivity index (χ3v) is 11.4. The fourth-order valence-electron chi connectivity index (χ4n) is 6.25. The van der Waals surface area contributed by atoms with Gasteiger partial charge in [-0.25, -0.2) is 4.98 Å². The first kappa shape index (κ1) is 25.9. The Kier molecular flexibility index (Phi) is 6.21. The molecule has 0 spiro atoms. The van der Waals surface area contributed by atoms with Crippen molar-refractivity contribution < 1.29 is 4.74 Å². The highest BCUT2D eigenvalue weighted by Crippen LogP contribution is 2.53. The molecule has 3 aromatic carbocycles. The van der Waals surface area contributed by atoms with Crippen LogP contribution in [0.15, 0.2) is 115 Å². The predicted octanol–water partition coefficient (Wildman–Crippen LogP) is 11.5. The van der Waals surface area contributed by atoms with Crippen LogP contribution in [0.5, 0.6) is 0 Å². The number of thiophene rings is 3. The number of fused-ring (bicyclic) bond motifs is 3. The highest BCUT2D eigenvalue weighted by Gasteiger charge is 2.32. The zero-order valence-corrected chi connectivity index (χ0v) is 25.9. The van der Waals surface area contributed by atoms with E-state index in [-0.39, 0.29) is 6.10 Å². The van der Waals surface area contributed by atoms with Crippen molar-refractivity contribution in [3.05, 3.63) is 120 Å². The van der Waals surface area contributed by atoms with Crippen LogP contribution < -0.4 is 0 Å². The smallest absolute Gasteiger partial charge is 0.141 e. The second-order valence-electron chi connectivity index (χ2n) is 10.9. The lowest BCUT2D eigenvalue weighted by Gasteiger charge is -2.25. The number of hydrogen-bond donors (Lipinski definition) is 1. The number of aromatic amines is 1. The maximum atomic E-state index is 6.37. The Morgan fingerprint density at radius 3 is 2.14 bits per heavy atom. The van der Waals surface area contributed by atoms with Gasteiger partial charge in [-0.3, -0.25) is 5.10 Å². The van der Waals surface area contributed by atoms with Gasteiger partial charge in [0.15, 0.2) is 0 Å². The highest BCUT2D eigenvalue weighted by molar-refractivity contribution is 7.23. The molecule has 0 radical (unpaired) electrons. The topological polar surface area (TPSA) is 50.8 Å². The van der Waals surface area contributed by atoms with Gasteiger partial charge < -0.3 is 4.74 Å². The van der Waals surface area contributed by atoms with E-state index in [9.17, 15) is 0 Å². The lowest BCUT2D eigenvalue weighted by Crippen LogP contribution is -2.11. The van der Waals surface area contributed by atoms with E-state index in [2.05, 4.69) is 114 Å². The Bertz CT molecular complexity index is 2280. The number of para-hydroxylation sites is 1. The molecule has 0 bridgehead atoms. The molecule has 8 aromatic rings. The second-order valence-corrected chi connectivity index (χ2v) is 14.1. The molecule has 44 heavy (non-hydrogen) atoms. The quantitative estimate of drug-likeness (QED) is 0.207. The molecule has 1 unspecified atom stereocenters. The maximum absolute atomic E-state index is 6.37. The van der Waals surface area contributed by atoms with Gasteiger partial charge in [-0.2, -0.15) is 5.10 Å². The number of rotatable bonds is 5. The zero-order chi connectivity index (χ0) is 29.0. The van der Waals surface area contributed by atoms with Crippen molar-refractivity contribution in [3.63, 3.8) is 0 Å². The summed E-state index contributed by atoms with van der Waals surface area (Å²) in [6.07, 6.45) is 5.63. The van der Waals surface area contributed by atoms with Crippen molar-refractivity contribution in [2.45, 2.75) is 18.9 Å². The van der Waals surface area contributed by atoms with Crippen LogP contribution in [0.1, 0.15) is 24.6 Å². The molecule has 0 saturated carbocycles. The molecule has 1 aliphatic rings. The van der Waals surface area contributed by atoms with Crippen molar-refractivity contribution in [2.24, 2.45) is 0 Å². The number of H-pyrrole nitrogens is 1. The number of ether oxygens (including phenoxy) is 1. The Morgan fingerprint density at radius 2 is 1.43 bits per heavy atom. The van der Waals surface area contributed by atoms with Gasteiger partial charge in [-0.05, 0) is 71.5 Å². The normalized spacial score (nSPS) is 15.0. The second kappa shape index (κ2) is 10.6. The summed E-state index contributed by atoms with van der Waals surface area (Å²) >= 11 is 5.37. The molecule has 212 valence electrons. The molecule has 1 N–H and O–H groups in total. The van der Waals surface area contributed by atoms with Crippen LogP contribution in [0.2, 0.25) is 0 Å². The summed E-state index contributed by atoms with van der Waals surface area (Å²) in [5, 5.41) is 14.0. The Labute approximate surface area is 265 Å². The summed E-state index contributed by atoms with van der Waals surface area (Å²) < 4.78 is 8.89. The molecule has 0 saturated heterocycles. The summed E-state index contributed by atoms with van der Waals surface area (Å²) in [6, 6.07) is 34.6. The maximum Gasteiger partial charge on any atom is 0.141 e.